The summed E-state index contributed by atoms with van der Waals surface area (Å²) >= 11 is 1.98. The first kappa shape index (κ1) is 16.3. The van der Waals surface area contributed by atoms with Crippen LogP contribution in [0.15, 0.2) is 40.7 Å². The number of hydrogen-bond acceptors (Lipinski definition) is 6. The first-order chi connectivity index (χ1) is 11.5. The highest BCUT2D eigenvalue weighted by Crippen LogP contribution is 2.32. The monoisotopic (exact) mass is 363 g/mol. The minimum atomic E-state index is -0.552. The predicted octanol–water partition coefficient (Wildman–Crippen LogP) is 2.96. The Balaban J connectivity index is 1.69. The number of imide groups is 1. The standard InChI is InChI=1S/C15H10FN3O3S2/c16-10-3-1-9(2-4-10)7-11-13(21)19(15(22)24-11)8-12(20)18-14-17-5-6-23-14/h1-7H,8H2,(H,17,18,20)/b11-7-. The van der Waals surface area contributed by atoms with Crippen molar-refractivity contribution in [2.75, 3.05) is 11.9 Å². The van der Waals surface area contributed by atoms with E-state index in [1.54, 1.807) is 5.38 Å². The van der Waals surface area contributed by atoms with Gasteiger partial charge in [0.1, 0.15) is 12.4 Å². The van der Waals surface area contributed by atoms with Gasteiger partial charge < -0.3 is 5.32 Å². The molecule has 1 saturated heterocycles. The number of rotatable bonds is 4. The summed E-state index contributed by atoms with van der Waals surface area (Å²) in [4.78, 5) is 41.1. The Morgan fingerprint density at radius 3 is 2.71 bits per heavy atom. The van der Waals surface area contributed by atoms with E-state index in [-0.39, 0.29) is 17.3 Å². The van der Waals surface area contributed by atoms with Crippen LogP contribution in [0.4, 0.5) is 14.3 Å². The second-order valence-electron chi connectivity index (χ2n) is 4.70. The van der Waals surface area contributed by atoms with E-state index in [0.29, 0.717) is 10.7 Å². The Morgan fingerprint density at radius 1 is 1.29 bits per heavy atom. The zero-order valence-corrected chi connectivity index (χ0v) is 13.7. The van der Waals surface area contributed by atoms with Gasteiger partial charge in [-0.3, -0.25) is 19.3 Å². The minimum absolute atomic E-state index is 0.189. The van der Waals surface area contributed by atoms with Crippen molar-refractivity contribution in [2.24, 2.45) is 0 Å². The van der Waals surface area contributed by atoms with Crippen LogP contribution in [-0.4, -0.2) is 33.5 Å². The molecule has 122 valence electrons. The highest BCUT2D eigenvalue weighted by molar-refractivity contribution is 8.18. The Kier molecular flexibility index (Phi) is 4.72. The van der Waals surface area contributed by atoms with E-state index in [4.69, 9.17) is 0 Å². The van der Waals surface area contributed by atoms with Gasteiger partial charge in [-0.1, -0.05) is 12.1 Å². The van der Waals surface area contributed by atoms with Gasteiger partial charge in [0.25, 0.3) is 11.1 Å². The molecule has 3 amide bonds. The quantitative estimate of drug-likeness (QED) is 0.845. The normalized spacial score (nSPS) is 16.0. The largest absolute Gasteiger partial charge is 0.300 e. The molecule has 0 spiro atoms. The lowest BCUT2D eigenvalue weighted by Gasteiger charge is -2.11. The van der Waals surface area contributed by atoms with Crippen LogP contribution in [0, 0.1) is 5.82 Å². The third-order valence-corrected chi connectivity index (χ3v) is 4.62. The number of carbonyl (C=O) groups is 3. The average Bonchev–Trinajstić information content (AvgIpc) is 3.14. The molecule has 0 unspecified atom stereocenters. The van der Waals surface area contributed by atoms with Crippen molar-refractivity contribution in [1.82, 2.24) is 9.88 Å². The summed E-state index contributed by atoms with van der Waals surface area (Å²) in [5, 5.41) is 4.08. The fourth-order valence-electron chi connectivity index (χ4n) is 1.93. The van der Waals surface area contributed by atoms with Gasteiger partial charge in [-0.05, 0) is 35.5 Å². The van der Waals surface area contributed by atoms with Gasteiger partial charge >= 0.3 is 0 Å². The maximum atomic E-state index is 12.9. The van der Waals surface area contributed by atoms with Gasteiger partial charge in [-0.2, -0.15) is 0 Å². The molecule has 24 heavy (non-hydrogen) atoms. The van der Waals surface area contributed by atoms with Gasteiger partial charge in [0.05, 0.1) is 4.91 Å². The molecule has 9 heteroatoms. The first-order valence-corrected chi connectivity index (χ1v) is 8.43. The number of nitrogens with one attached hydrogen (secondary N) is 1. The number of benzene rings is 1. The summed E-state index contributed by atoms with van der Waals surface area (Å²) in [5.74, 6) is -1.45. The molecule has 0 atom stereocenters. The highest BCUT2D eigenvalue weighted by Gasteiger charge is 2.36. The molecule has 0 saturated carbocycles. The van der Waals surface area contributed by atoms with Crippen molar-refractivity contribution in [3.05, 3.63) is 52.1 Å². The van der Waals surface area contributed by atoms with Gasteiger partial charge in [0.2, 0.25) is 5.91 Å². The summed E-state index contributed by atoms with van der Waals surface area (Å²) in [7, 11) is 0. The molecular weight excluding hydrogens is 353 g/mol. The fourth-order valence-corrected chi connectivity index (χ4v) is 3.32. The van der Waals surface area contributed by atoms with Gasteiger partial charge in [0, 0.05) is 11.6 Å². The van der Waals surface area contributed by atoms with Crippen molar-refractivity contribution >= 4 is 51.4 Å². The second-order valence-corrected chi connectivity index (χ2v) is 6.59. The van der Waals surface area contributed by atoms with E-state index in [9.17, 15) is 18.8 Å². The SMILES string of the molecule is O=C(CN1C(=O)S/C(=C\c2ccc(F)cc2)C1=O)Nc1nccs1. The average molecular weight is 363 g/mol. The summed E-state index contributed by atoms with van der Waals surface area (Å²) < 4.78 is 12.9. The number of thioether (sulfide) groups is 1. The minimum Gasteiger partial charge on any atom is -0.300 e. The van der Waals surface area contributed by atoms with Crippen LogP contribution in [0.25, 0.3) is 6.08 Å². The molecule has 1 aliphatic heterocycles. The Hall–Kier alpha value is -2.52. The van der Waals surface area contributed by atoms with Gasteiger partial charge in [-0.25, -0.2) is 9.37 Å². The number of carbonyl (C=O) groups excluding carboxylic acids is 3. The van der Waals surface area contributed by atoms with Gasteiger partial charge in [-0.15, -0.1) is 11.3 Å². The molecule has 0 radical (unpaired) electrons. The van der Waals surface area contributed by atoms with Crippen LogP contribution in [0.2, 0.25) is 0 Å². The lowest BCUT2D eigenvalue weighted by atomic mass is 10.2. The number of anilines is 1. The molecule has 2 heterocycles. The molecule has 6 nitrogen and oxygen atoms in total. The molecule has 1 aromatic heterocycles. The summed E-state index contributed by atoms with van der Waals surface area (Å²) in [6, 6.07) is 5.52. The van der Waals surface area contributed by atoms with Crippen LogP contribution in [0.1, 0.15) is 5.56 Å². The van der Waals surface area contributed by atoms with E-state index < -0.39 is 17.1 Å². The maximum absolute atomic E-state index is 12.9. The number of nitrogens with zero attached hydrogens (tertiary/aromatic N) is 2. The summed E-state index contributed by atoms with van der Waals surface area (Å²) in [5.41, 5.74) is 0.592. The highest BCUT2D eigenvalue weighted by atomic mass is 32.2. The maximum Gasteiger partial charge on any atom is 0.294 e. The Labute approximate surface area is 144 Å². The van der Waals surface area contributed by atoms with Crippen LogP contribution in [0.3, 0.4) is 0 Å². The summed E-state index contributed by atoms with van der Waals surface area (Å²) in [6.45, 7) is -0.384. The third kappa shape index (κ3) is 3.69. The van der Waals surface area contributed by atoms with E-state index >= 15 is 0 Å². The topological polar surface area (TPSA) is 79.4 Å². The van der Waals surface area contributed by atoms with Crippen molar-refractivity contribution < 1.29 is 18.8 Å². The van der Waals surface area contributed by atoms with Crippen LogP contribution < -0.4 is 5.32 Å². The summed E-state index contributed by atoms with van der Waals surface area (Å²) in [6.07, 6.45) is 3.02. The molecule has 0 aliphatic carbocycles. The van der Waals surface area contributed by atoms with Crippen LogP contribution in [-0.2, 0) is 9.59 Å². The number of thiazole rings is 1. The van der Waals surface area contributed by atoms with E-state index in [1.807, 2.05) is 0 Å². The molecule has 1 aromatic carbocycles. The van der Waals surface area contributed by atoms with Crippen molar-refractivity contribution in [3.63, 3.8) is 0 Å². The van der Waals surface area contributed by atoms with Crippen molar-refractivity contribution in [3.8, 4) is 0 Å². The number of aromatic nitrogens is 1. The predicted molar refractivity (Wildman–Crippen MR) is 89.8 cm³/mol. The third-order valence-electron chi connectivity index (χ3n) is 3.02. The zero-order chi connectivity index (χ0) is 17.1. The fraction of sp³-hybridized carbons (Fsp3) is 0.0667. The molecule has 1 N–H and O–H groups in total. The van der Waals surface area contributed by atoms with Crippen molar-refractivity contribution in [1.29, 1.82) is 0 Å². The first-order valence-electron chi connectivity index (χ1n) is 6.73. The molecule has 1 fully saturated rings. The van der Waals surface area contributed by atoms with E-state index in [1.165, 1.54) is 47.9 Å². The zero-order valence-electron chi connectivity index (χ0n) is 12.1. The van der Waals surface area contributed by atoms with Crippen LogP contribution >= 0.6 is 23.1 Å². The Bertz CT molecular complexity index is 819. The van der Waals surface area contributed by atoms with Gasteiger partial charge in [0.15, 0.2) is 5.13 Å². The number of hydrogen-bond donors (Lipinski definition) is 1. The Morgan fingerprint density at radius 2 is 2.04 bits per heavy atom. The molecule has 0 bridgehead atoms. The van der Waals surface area contributed by atoms with Crippen LogP contribution in [0.5, 0.6) is 0 Å². The second kappa shape index (κ2) is 6.93. The van der Waals surface area contributed by atoms with E-state index in [0.717, 1.165) is 16.7 Å². The smallest absolute Gasteiger partial charge is 0.294 e. The van der Waals surface area contributed by atoms with E-state index in [2.05, 4.69) is 10.3 Å². The van der Waals surface area contributed by atoms with Crippen molar-refractivity contribution in [2.45, 2.75) is 0 Å². The molecule has 3 rings (SSSR count). The lowest BCUT2D eigenvalue weighted by molar-refractivity contribution is -0.127. The number of halogens is 1. The molecular formula is C15H10FN3O3S2. The molecule has 1 aliphatic rings. The lowest BCUT2D eigenvalue weighted by Crippen LogP contribution is -2.36. The molecule has 2 aromatic rings. The number of amides is 3.